The molecule has 3 aliphatic rings. The molecule has 10 nitrogen and oxygen atoms in total. The second-order valence-electron chi connectivity index (χ2n) is 14.7. The molecule has 0 amide bonds. The van der Waals surface area contributed by atoms with Gasteiger partial charge in [-0.1, -0.05) is 97.1 Å². The molecule has 344 valence electrons. The average molecular weight is 1010 g/mol. The summed E-state index contributed by atoms with van der Waals surface area (Å²) in [6, 6.07) is 36.7. The Hall–Kier alpha value is -7.09. The van der Waals surface area contributed by atoms with Crippen LogP contribution in [0.15, 0.2) is 121 Å². The van der Waals surface area contributed by atoms with Crippen LogP contribution in [0.4, 0.5) is 11.4 Å². The summed E-state index contributed by atoms with van der Waals surface area (Å²) in [6.07, 6.45) is 14.1. The van der Waals surface area contributed by atoms with E-state index in [4.69, 9.17) is 27.4 Å². The van der Waals surface area contributed by atoms with Crippen LogP contribution < -0.4 is 10.6 Å². The molecule has 0 aliphatic carbocycles. The van der Waals surface area contributed by atoms with E-state index in [9.17, 15) is 14.7 Å². The van der Waals surface area contributed by atoms with Crippen molar-refractivity contribution >= 4 is 47.3 Å². The van der Waals surface area contributed by atoms with Gasteiger partial charge in [0.05, 0.1) is 6.10 Å². The van der Waals surface area contributed by atoms with Gasteiger partial charge >= 0.3 is 11.9 Å². The standard InChI is InChI=1S/C19H22N2O2.C14H13NO2.C14H2.C5H11NO.C4H8O.HI/c1-21-13-12-17(14-21)23-19(22)18(15-8-4-2-5-9-15)20-16-10-6-3-7-11-16;16-14(17)13(11-7-3-1-4-8-11)15-12-9-5-2-6-10-12;1-3-5-7-9-11-13-14-12-10-8-6-4-2;1-6-3-2-5(7)4-6;1-2-4-5-3-1;/h2-11,17-18,20H,12-14H2,1H3;1-10,13,15H,(H,16,17);1-2H;5,7H,2-4H2,1H3;1-4H2;1H/t17-,18?;;;5-;;/m1..1../s1. The van der Waals surface area contributed by atoms with E-state index in [0.29, 0.717) is 0 Å². The van der Waals surface area contributed by atoms with Crippen LogP contribution in [0.1, 0.15) is 48.9 Å². The molecule has 4 aromatic rings. The Morgan fingerprint density at radius 3 is 1.33 bits per heavy atom. The molecule has 11 heteroatoms. The zero-order chi connectivity index (χ0) is 47.5. The third kappa shape index (κ3) is 25.3. The maximum atomic E-state index is 12.7. The lowest BCUT2D eigenvalue weighted by Crippen LogP contribution is -2.29. The number of benzene rings is 4. The highest BCUT2D eigenvalue weighted by atomic mass is 127. The van der Waals surface area contributed by atoms with E-state index in [1.54, 1.807) is 12.1 Å². The third-order valence-corrected chi connectivity index (χ3v) is 9.45. The Bertz CT molecular complexity index is 2400. The van der Waals surface area contributed by atoms with Gasteiger partial charge < -0.3 is 40.1 Å². The number of halogens is 1. The van der Waals surface area contributed by atoms with E-state index >= 15 is 0 Å². The number of carbonyl (C=O) groups excluding carboxylic acids is 1. The number of nitrogens with zero attached hydrogens (tertiary/aromatic N) is 2. The summed E-state index contributed by atoms with van der Waals surface area (Å²) in [6.45, 7) is 5.69. The number of aliphatic carboxylic acids is 1. The highest BCUT2D eigenvalue weighted by Gasteiger charge is 2.28. The van der Waals surface area contributed by atoms with Crippen LogP contribution in [0.25, 0.3) is 0 Å². The van der Waals surface area contributed by atoms with Crippen LogP contribution in [0, 0.1) is 83.9 Å². The van der Waals surface area contributed by atoms with Gasteiger partial charge in [-0.2, -0.15) is 0 Å². The van der Waals surface area contributed by atoms with Crippen molar-refractivity contribution in [1.29, 1.82) is 0 Å². The maximum absolute atomic E-state index is 12.7. The summed E-state index contributed by atoms with van der Waals surface area (Å²) in [5, 5.41) is 24.4. The average Bonchev–Trinajstić information content (AvgIpc) is 4.15. The highest BCUT2D eigenvalue weighted by molar-refractivity contribution is 14.0. The lowest BCUT2D eigenvalue weighted by atomic mass is 10.1. The van der Waals surface area contributed by atoms with E-state index in [2.05, 4.69) is 91.5 Å². The number of carboxylic acids is 1. The number of carboxylic acid groups (broad SMARTS) is 1. The van der Waals surface area contributed by atoms with Crippen molar-refractivity contribution in [1.82, 2.24) is 9.80 Å². The first-order valence-corrected chi connectivity index (χ1v) is 21.4. The number of anilines is 2. The first kappa shape index (κ1) is 56.0. The van der Waals surface area contributed by atoms with Crippen LogP contribution >= 0.6 is 24.0 Å². The highest BCUT2D eigenvalue weighted by Crippen LogP contribution is 2.23. The molecule has 0 spiro atoms. The monoisotopic (exact) mass is 1010 g/mol. The number of hydrogen-bond donors (Lipinski definition) is 4. The number of ether oxygens (including phenoxy) is 2. The summed E-state index contributed by atoms with van der Waals surface area (Å²) in [5.41, 5.74) is 3.35. The number of nitrogens with one attached hydrogen (secondary N) is 2. The molecular weight excluding hydrogens is 952 g/mol. The summed E-state index contributed by atoms with van der Waals surface area (Å²) >= 11 is 0. The predicted octanol–water partition coefficient (Wildman–Crippen LogP) is 7.38. The number of likely N-dealkylation sites (N-methyl/N-ethyl adjacent to an activating group) is 2. The number of β-amino-alcohol motifs (C(OH)–C–C–N with tert-alkyl or cyclic N) is 1. The number of hydrogen-bond acceptors (Lipinski definition) is 9. The molecule has 0 aromatic heterocycles. The molecule has 0 saturated carbocycles. The molecule has 67 heavy (non-hydrogen) atoms. The maximum Gasteiger partial charge on any atom is 0.333 e. The Morgan fingerprint density at radius 1 is 0.612 bits per heavy atom. The molecule has 4 aromatic carbocycles. The molecule has 0 radical (unpaired) electrons. The van der Waals surface area contributed by atoms with Crippen LogP contribution in [0.3, 0.4) is 0 Å². The number of esters is 1. The molecule has 2 unspecified atom stereocenters. The van der Waals surface area contributed by atoms with Gasteiger partial charge in [0.2, 0.25) is 0 Å². The van der Waals surface area contributed by atoms with E-state index in [-0.39, 0.29) is 42.2 Å². The van der Waals surface area contributed by atoms with Crippen LogP contribution in [-0.2, 0) is 19.1 Å². The second kappa shape index (κ2) is 35.2. The number of aliphatic hydroxyl groups excluding tert-OH is 1. The first-order chi connectivity index (χ1) is 32.2. The topological polar surface area (TPSA) is 124 Å². The molecule has 3 aliphatic heterocycles. The minimum Gasteiger partial charge on any atom is -0.479 e. The van der Waals surface area contributed by atoms with Gasteiger partial charge in [-0.05, 0) is 146 Å². The van der Waals surface area contributed by atoms with E-state index < -0.39 is 18.1 Å². The lowest BCUT2D eigenvalue weighted by molar-refractivity contribution is -0.149. The fourth-order valence-corrected chi connectivity index (χ4v) is 6.23. The van der Waals surface area contributed by atoms with Crippen LogP contribution in [-0.4, -0.2) is 97.6 Å². The van der Waals surface area contributed by atoms with Crippen molar-refractivity contribution in [3.8, 4) is 83.9 Å². The fourth-order valence-electron chi connectivity index (χ4n) is 6.23. The minimum atomic E-state index is -0.889. The van der Waals surface area contributed by atoms with Gasteiger partial charge in [0.1, 0.15) is 6.10 Å². The second-order valence-corrected chi connectivity index (χ2v) is 14.7. The number of terminal acetylenes is 2. The quantitative estimate of drug-likeness (QED) is 0.0768. The minimum absolute atomic E-state index is 0. The molecule has 3 heterocycles. The summed E-state index contributed by atoms with van der Waals surface area (Å²) < 4.78 is 10.7. The van der Waals surface area contributed by atoms with Gasteiger partial charge in [0.25, 0.3) is 0 Å². The van der Waals surface area contributed by atoms with E-state index in [1.165, 1.54) is 12.8 Å². The van der Waals surface area contributed by atoms with Gasteiger partial charge in [-0.15, -0.1) is 36.8 Å². The Balaban J connectivity index is 0.000000311. The summed E-state index contributed by atoms with van der Waals surface area (Å²) in [7, 11) is 4.07. The first-order valence-electron chi connectivity index (χ1n) is 21.4. The molecule has 4 atom stereocenters. The molecule has 3 fully saturated rings. The van der Waals surface area contributed by atoms with Gasteiger partial charge in [-0.25, -0.2) is 9.59 Å². The Labute approximate surface area is 414 Å². The van der Waals surface area contributed by atoms with Crippen molar-refractivity contribution in [3.05, 3.63) is 132 Å². The molecular formula is C56H57IN4O6. The Morgan fingerprint density at radius 2 is 1.00 bits per heavy atom. The van der Waals surface area contributed by atoms with E-state index in [0.717, 1.165) is 74.7 Å². The zero-order valence-electron chi connectivity index (χ0n) is 37.9. The molecule has 4 N–H and O–H groups in total. The van der Waals surface area contributed by atoms with Crippen molar-refractivity contribution < 1.29 is 29.3 Å². The predicted molar refractivity (Wildman–Crippen MR) is 278 cm³/mol. The molecule has 3 saturated heterocycles. The fraction of sp³-hybridized carbons (Fsp3) is 0.286. The summed E-state index contributed by atoms with van der Waals surface area (Å²) in [4.78, 5) is 28.3. The lowest BCUT2D eigenvalue weighted by Gasteiger charge is -2.21. The number of aliphatic hydroxyl groups is 1. The van der Waals surface area contributed by atoms with Crippen molar-refractivity contribution in [2.45, 2.75) is 50.0 Å². The van der Waals surface area contributed by atoms with Crippen LogP contribution in [0.2, 0.25) is 0 Å². The summed E-state index contributed by atoms with van der Waals surface area (Å²) in [5.74, 6) is 27.2. The van der Waals surface area contributed by atoms with Crippen molar-refractivity contribution in [2.24, 2.45) is 0 Å². The number of carbonyl (C=O) groups is 2. The van der Waals surface area contributed by atoms with Gasteiger partial charge in [-0.3, -0.25) is 0 Å². The normalized spacial score (nSPS) is 15.7. The Kier molecular flexibility index (Phi) is 29.4. The third-order valence-electron chi connectivity index (χ3n) is 9.45. The molecule has 7 rings (SSSR count). The number of likely N-dealkylation sites (tertiary alicyclic amines) is 2. The SMILES string of the molecule is C#CC#CC#CC#CC#CC#CC#C.C1CCOC1.CN1CC[C@@H](O)C1.CN1CC[C@@H](OC(=O)C(Nc2ccccc2)c2ccccc2)C1.I.O=C(O)C(Nc1ccccc1)c1ccccc1. The van der Waals surface area contributed by atoms with E-state index in [1.807, 2.05) is 123 Å². The smallest absolute Gasteiger partial charge is 0.333 e. The molecule has 0 bridgehead atoms. The van der Waals surface area contributed by atoms with Crippen LogP contribution in [0.5, 0.6) is 0 Å². The van der Waals surface area contributed by atoms with Crippen molar-refractivity contribution in [2.75, 3.05) is 64.1 Å². The zero-order valence-corrected chi connectivity index (χ0v) is 40.2. The van der Waals surface area contributed by atoms with Crippen molar-refractivity contribution in [3.63, 3.8) is 0 Å². The van der Waals surface area contributed by atoms with Gasteiger partial charge in [0.15, 0.2) is 12.1 Å². The van der Waals surface area contributed by atoms with Gasteiger partial charge in [0, 0.05) is 50.8 Å². The number of para-hydroxylation sites is 2. The number of rotatable bonds is 9. The largest absolute Gasteiger partial charge is 0.479 e.